The molecule has 8 nitrogen and oxygen atoms in total. The number of H-pyrrole nitrogens is 1. The summed E-state index contributed by atoms with van der Waals surface area (Å²) in [7, 11) is -3.70. The zero-order valence-electron chi connectivity index (χ0n) is 19.9. The van der Waals surface area contributed by atoms with Crippen LogP contribution < -0.4 is 10.7 Å². The van der Waals surface area contributed by atoms with Crippen LogP contribution in [0.1, 0.15) is 63.2 Å². The second kappa shape index (κ2) is 11.3. The third kappa shape index (κ3) is 5.65. The van der Waals surface area contributed by atoms with Crippen molar-refractivity contribution in [3.8, 4) is 0 Å². The zero-order valence-corrected chi connectivity index (χ0v) is 20.7. The lowest BCUT2D eigenvalue weighted by atomic mass is 10.00. The number of carbonyl (C=O) groups is 1. The van der Waals surface area contributed by atoms with Crippen LogP contribution in [0.15, 0.2) is 34.1 Å². The number of aromatic amines is 1. The molecule has 182 valence electrons. The Morgan fingerprint density at radius 1 is 1.21 bits per heavy atom. The number of hydrogen-bond acceptors (Lipinski definition) is 5. The number of aromatic nitrogens is 1. The molecule has 2 N–H and O–H groups in total. The molecule has 1 fully saturated rings. The van der Waals surface area contributed by atoms with Crippen LogP contribution in [0, 0.1) is 0 Å². The molecule has 2 aromatic rings. The monoisotopic (exact) mass is 476 g/mol. The number of carbonyl (C=O) groups excluding carboxylic acids is 1. The van der Waals surface area contributed by atoms with Crippen LogP contribution in [-0.4, -0.2) is 67.3 Å². The summed E-state index contributed by atoms with van der Waals surface area (Å²) in [6.07, 6.45) is 7.11. The third-order valence-electron chi connectivity index (χ3n) is 6.57. The normalized spacial score (nSPS) is 17.5. The molecule has 1 unspecified atom stereocenters. The van der Waals surface area contributed by atoms with Crippen LogP contribution in [0.3, 0.4) is 0 Å². The maximum Gasteiger partial charge on any atom is 0.256 e. The minimum absolute atomic E-state index is 0.00991. The van der Waals surface area contributed by atoms with Gasteiger partial charge >= 0.3 is 0 Å². The smallest absolute Gasteiger partial charge is 0.256 e. The summed E-state index contributed by atoms with van der Waals surface area (Å²) in [6.45, 7) is 8.96. The van der Waals surface area contributed by atoms with Gasteiger partial charge in [0.1, 0.15) is 5.56 Å². The van der Waals surface area contributed by atoms with Crippen LogP contribution in [0.4, 0.5) is 0 Å². The van der Waals surface area contributed by atoms with Gasteiger partial charge in [-0.25, -0.2) is 8.42 Å². The Balaban J connectivity index is 1.72. The molecule has 1 saturated heterocycles. The quantitative estimate of drug-likeness (QED) is 0.513. The van der Waals surface area contributed by atoms with Crippen molar-refractivity contribution < 1.29 is 13.2 Å². The van der Waals surface area contributed by atoms with Gasteiger partial charge in [0.05, 0.1) is 4.90 Å². The molecule has 0 spiro atoms. The number of piperidine rings is 1. The van der Waals surface area contributed by atoms with E-state index in [-0.39, 0.29) is 15.8 Å². The molecule has 33 heavy (non-hydrogen) atoms. The van der Waals surface area contributed by atoms with Crippen molar-refractivity contribution in [2.45, 2.75) is 63.8 Å². The molecule has 0 aliphatic carbocycles. The number of pyridine rings is 1. The molecule has 1 aromatic heterocycles. The zero-order chi connectivity index (χ0) is 24.0. The summed E-state index contributed by atoms with van der Waals surface area (Å²) in [5.74, 6) is -0.444. The highest BCUT2D eigenvalue weighted by atomic mass is 32.2. The molecule has 1 aliphatic heterocycles. The first kappa shape index (κ1) is 25.4. The van der Waals surface area contributed by atoms with E-state index in [9.17, 15) is 18.0 Å². The number of nitrogens with zero attached hydrogens (tertiary/aromatic N) is 2. The summed E-state index contributed by atoms with van der Waals surface area (Å²) >= 11 is 0. The molecular weight excluding hydrogens is 440 g/mol. The van der Waals surface area contributed by atoms with Crippen LogP contribution in [0.2, 0.25) is 0 Å². The van der Waals surface area contributed by atoms with Crippen molar-refractivity contribution in [2.75, 3.05) is 32.7 Å². The van der Waals surface area contributed by atoms with E-state index in [1.54, 1.807) is 19.9 Å². The molecule has 0 radical (unpaired) electrons. The van der Waals surface area contributed by atoms with Gasteiger partial charge in [-0.2, -0.15) is 4.31 Å². The topological polar surface area (TPSA) is 103 Å². The highest BCUT2D eigenvalue weighted by Gasteiger charge is 2.23. The van der Waals surface area contributed by atoms with E-state index < -0.39 is 21.4 Å². The number of rotatable bonds is 10. The second-order valence-electron chi connectivity index (χ2n) is 8.53. The van der Waals surface area contributed by atoms with Crippen LogP contribution in [0.5, 0.6) is 0 Å². The molecule has 3 rings (SSSR count). The Hall–Kier alpha value is -2.23. The summed E-state index contributed by atoms with van der Waals surface area (Å²) in [6, 6.07) is 5.03. The Morgan fingerprint density at radius 3 is 2.67 bits per heavy atom. The number of likely N-dealkylation sites (tertiary alicyclic amines) is 1. The molecule has 1 atom stereocenters. The molecular formula is C24H36N4O4S. The third-order valence-corrected chi connectivity index (χ3v) is 8.61. The van der Waals surface area contributed by atoms with Crippen molar-refractivity contribution in [3.05, 3.63) is 40.2 Å². The fourth-order valence-electron chi connectivity index (χ4n) is 4.64. The van der Waals surface area contributed by atoms with Gasteiger partial charge in [0.2, 0.25) is 15.5 Å². The van der Waals surface area contributed by atoms with Crippen LogP contribution in [0.25, 0.3) is 10.9 Å². The molecule has 2 heterocycles. The van der Waals surface area contributed by atoms with Gasteiger partial charge in [0, 0.05) is 49.3 Å². The van der Waals surface area contributed by atoms with Crippen molar-refractivity contribution in [1.29, 1.82) is 0 Å². The fourth-order valence-corrected chi connectivity index (χ4v) is 6.12. The summed E-state index contributed by atoms with van der Waals surface area (Å²) < 4.78 is 27.0. The molecule has 0 saturated carbocycles. The van der Waals surface area contributed by atoms with E-state index in [4.69, 9.17) is 0 Å². The van der Waals surface area contributed by atoms with E-state index in [0.717, 1.165) is 25.9 Å². The lowest BCUT2D eigenvalue weighted by molar-refractivity contribution is 0.0946. The predicted octanol–water partition coefficient (Wildman–Crippen LogP) is 2.94. The second-order valence-corrected chi connectivity index (χ2v) is 10.5. The number of nitrogens with one attached hydrogen (secondary N) is 2. The Bertz CT molecular complexity index is 1120. The van der Waals surface area contributed by atoms with E-state index in [0.29, 0.717) is 31.2 Å². The molecule has 1 amide bonds. The Labute approximate surface area is 196 Å². The van der Waals surface area contributed by atoms with Gasteiger partial charge in [-0.1, -0.05) is 27.2 Å². The number of amides is 1. The van der Waals surface area contributed by atoms with Crippen molar-refractivity contribution in [2.24, 2.45) is 0 Å². The molecule has 0 bridgehead atoms. The van der Waals surface area contributed by atoms with E-state index in [1.165, 1.54) is 41.9 Å². The number of benzene rings is 1. The average molecular weight is 477 g/mol. The first-order valence-corrected chi connectivity index (χ1v) is 13.4. The minimum Gasteiger partial charge on any atom is -0.360 e. The lowest BCUT2D eigenvalue weighted by Crippen LogP contribution is -2.40. The Morgan fingerprint density at radius 2 is 1.97 bits per heavy atom. The lowest BCUT2D eigenvalue weighted by Gasteiger charge is -2.35. The van der Waals surface area contributed by atoms with E-state index >= 15 is 0 Å². The summed E-state index contributed by atoms with van der Waals surface area (Å²) in [4.78, 5) is 31.2. The largest absolute Gasteiger partial charge is 0.360 e. The average Bonchev–Trinajstić information content (AvgIpc) is 2.82. The molecule has 9 heteroatoms. The molecule has 1 aliphatic rings. The Kier molecular flexibility index (Phi) is 8.67. The van der Waals surface area contributed by atoms with Gasteiger partial charge in [-0.05, 0) is 50.4 Å². The number of hydrogen-bond donors (Lipinski definition) is 2. The van der Waals surface area contributed by atoms with Crippen molar-refractivity contribution >= 4 is 26.8 Å². The van der Waals surface area contributed by atoms with Gasteiger partial charge in [0.15, 0.2) is 0 Å². The number of sulfonamides is 1. The SMILES string of the molecule is CCC1CCCCN1CCCNC(=O)c1c[nH]c2ccc(S(=O)(=O)N(CC)CC)cc2c1=O. The fraction of sp³-hybridized carbons (Fsp3) is 0.583. The minimum atomic E-state index is -3.70. The first-order chi connectivity index (χ1) is 15.8. The first-order valence-electron chi connectivity index (χ1n) is 12.0. The van der Waals surface area contributed by atoms with Gasteiger partial charge < -0.3 is 15.2 Å². The summed E-state index contributed by atoms with van der Waals surface area (Å²) in [5, 5.41) is 3.04. The van der Waals surface area contributed by atoms with E-state index in [2.05, 4.69) is 22.1 Å². The molecule has 1 aromatic carbocycles. The van der Waals surface area contributed by atoms with E-state index in [1.807, 2.05) is 0 Å². The maximum atomic E-state index is 13.0. The van der Waals surface area contributed by atoms with Gasteiger partial charge in [-0.3, -0.25) is 9.59 Å². The van der Waals surface area contributed by atoms with Crippen LogP contribution >= 0.6 is 0 Å². The standard InChI is InChI=1S/C24H36N4O4S/c1-4-18-10-7-8-14-27(18)15-9-13-25-24(30)21-17-26-22-12-11-19(16-20(22)23(21)29)33(31,32)28(5-2)6-3/h11-12,16-18H,4-10,13-15H2,1-3H3,(H,25,30)(H,26,29). The highest BCUT2D eigenvalue weighted by Crippen LogP contribution is 2.20. The predicted molar refractivity (Wildman–Crippen MR) is 131 cm³/mol. The number of fused-ring (bicyclic) bond motifs is 1. The summed E-state index contributed by atoms with van der Waals surface area (Å²) in [5.41, 5.74) is 0.00923. The van der Waals surface area contributed by atoms with Crippen LogP contribution in [-0.2, 0) is 10.0 Å². The highest BCUT2D eigenvalue weighted by molar-refractivity contribution is 7.89. The van der Waals surface area contributed by atoms with Gasteiger partial charge in [-0.15, -0.1) is 0 Å². The van der Waals surface area contributed by atoms with Gasteiger partial charge in [0.25, 0.3) is 5.91 Å². The maximum absolute atomic E-state index is 13.0. The van der Waals surface area contributed by atoms with Crippen molar-refractivity contribution in [1.82, 2.24) is 19.5 Å². The van der Waals surface area contributed by atoms with Crippen molar-refractivity contribution in [3.63, 3.8) is 0 Å².